The summed E-state index contributed by atoms with van der Waals surface area (Å²) < 4.78 is 53.0. The van der Waals surface area contributed by atoms with Gasteiger partial charge in [0.05, 0.1) is 5.02 Å². The molecule has 1 atom stereocenters. The van der Waals surface area contributed by atoms with E-state index in [-0.39, 0.29) is 32.7 Å². The lowest BCUT2D eigenvalue weighted by Crippen LogP contribution is -2.54. The molecule has 3 rings (SSSR count). The summed E-state index contributed by atoms with van der Waals surface area (Å²) in [6, 6.07) is 1.29. The Morgan fingerprint density at radius 1 is 1.33 bits per heavy atom. The third kappa shape index (κ3) is 5.05. The zero-order chi connectivity index (χ0) is 22.4. The third-order valence-electron chi connectivity index (χ3n) is 4.26. The van der Waals surface area contributed by atoms with E-state index in [2.05, 4.69) is 25.7 Å². The first kappa shape index (κ1) is 22.8. The Kier molecular flexibility index (Phi) is 6.07. The van der Waals surface area contributed by atoms with E-state index in [1.54, 1.807) is 25.7 Å². The van der Waals surface area contributed by atoms with E-state index in [1.165, 1.54) is 6.07 Å². The lowest BCUT2D eigenvalue weighted by molar-refractivity contribution is -0.274. The van der Waals surface area contributed by atoms with Gasteiger partial charge in [0.1, 0.15) is 15.6 Å². The number of hydrogen-bond acceptors (Lipinski definition) is 6. The molecule has 1 aliphatic heterocycles. The number of piperazine rings is 1. The van der Waals surface area contributed by atoms with Crippen molar-refractivity contribution in [2.75, 3.05) is 24.5 Å². The van der Waals surface area contributed by atoms with E-state index in [0.29, 0.717) is 19.6 Å². The van der Waals surface area contributed by atoms with Gasteiger partial charge in [0.25, 0.3) is 6.01 Å². The fourth-order valence-electron chi connectivity index (χ4n) is 3.04. The van der Waals surface area contributed by atoms with Crippen molar-refractivity contribution < 1.29 is 31.9 Å². The molecule has 0 unspecified atom stereocenters. The van der Waals surface area contributed by atoms with Crippen LogP contribution in [0, 0.1) is 0 Å². The molecule has 1 saturated heterocycles. The number of fused-ring (bicyclic) bond motifs is 1. The molecule has 7 nitrogen and oxygen atoms in total. The van der Waals surface area contributed by atoms with Crippen LogP contribution in [-0.4, -0.2) is 53.6 Å². The minimum absolute atomic E-state index is 0.0791. The summed E-state index contributed by atoms with van der Waals surface area (Å²) in [5.74, 6) is -0.595. The van der Waals surface area contributed by atoms with Crippen LogP contribution >= 0.6 is 27.5 Å². The number of halogens is 5. The van der Waals surface area contributed by atoms with Crippen LogP contribution in [0.4, 0.5) is 24.0 Å². The van der Waals surface area contributed by atoms with Crippen LogP contribution in [0.2, 0.25) is 5.02 Å². The maximum absolute atomic E-state index is 12.7. The largest absolute Gasteiger partial charge is 0.573 e. The van der Waals surface area contributed by atoms with E-state index >= 15 is 0 Å². The molecule has 1 amide bonds. The summed E-state index contributed by atoms with van der Waals surface area (Å²) in [7, 11) is 0. The van der Waals surface area contributed by atoms with Crippen molar-refractivity contribution in [3.63, 3.8) is 0 Å². The van der Waals surface area contributed by atoms with Crippen molar-refractivity contribution in [2.24, 2.45) is 0 Å². The van der Waals surface area contributed by atoms with Gasteiger partial charge in [-0.25, -0.2) is 4.79 Å². The van der Waals surface area contributed by atoms with Gasteiger partial charge in [-0.05, 0) is 49.7 Å². The van der Waals surface area contributed by atoms with E-state index in [4.69, 9.17) is 20.8 Å². The van der Waals surface area contributed by atoms with Crippen molar-refractivity contribution in [3.05, 3.63) is 15.6 Å². The van der Waals surface area contributed by atoms with Gasteiger partial charge in [-0.15, -0.1) is 13.2 Å². The molecule has 12 heteroatoms. The quantitative estimate of drug-likeness (QED) is 0.521. The topological polar surface area (TPSA) is 68.0 Å². The molecule has 2 aromatic rings. The summed E-state index contributed by atoms with van der Waals surface area (Å²) in [4.78, 5) is 20.1. The molecule has 1 aromatic carbocycles. The number of amides is 1. The number of anilines is 1. The van der Waals surface area contributed by atoms with E-state index in [0.717, 1.165) is 0 Å². The maximum atomic E-state index is 12.7. The first-order valence-corrected chi connectivity index (χ1v) is 10.2. The minimum atomic E-state index is -4.91. The lowest BCUT2D eigenvalue weighted by atomic mass is 10.2. The fraction of sp³-hybridized carbons (Fsp3) is 0.556. The number of aromatic nitrogens is 1. The molecule has 166 valence electrons. The highest BCUT2D eigenvalue weighted by Gasteiger charge is 2.35. The summed E-state index contributed by atoms with van der Waals surface area (Å²) in [6.45, 7) is 8.42. The van der Waals surface area contributed by atoms with Gasteiger partial charge in [-0.2, -0.15) is 4.98 Å². The van der Waals surface area contributed by atoms with Crippen LogP contribution in [-0.2, 0) is 4.74 Å². The zero-order valence-corrected chi connectivity index (χ0v) is 19.0. The van der Waals surface area contributed by atoms with Crippen LogP contribution in [0.25, 0.3) is 11.1 Å². The number of benzene rings is 1. The number of oxazole rings is 1. The third-order valence-corrected chi connectivity index (χ3v) is 5.26. The Labute approximate surface area is 184 Å². The van der Waals surface area contributed by atoms with Gasteiger partial charge < -0.3 is 23.7 Å². The first-order chi connectivity index (χ1) is 13.7. The number of alkyl halides is 3. The summed E-state index contributed by atoms with van der Waals surface area (Å²) in [6.07, 6.45) is -5.31. The molecular weight excluding hydrogens is 495 g/mol. The minimum Gasteiger partial charge on any atom is -0.444 e. The molecule has 1 fully saturated rings. The molecule has 0 aliphatic carbocycles. The Hall–Kier alpha value is -1.88. The van der Waals surface area contributed by atoms with Crippen molar-refractivity contribution in [3.8, 4) is 5.75 Å². The summed E-state index contributed by atoms with van der Waals surface area (Å²) >= 11 is 9.00. The first-order valence-electron chi connectivity index (χ1n) is 9.04. The molecule has 1 aliphatic rings. The van der Waals surface area contributed by atoms with Crippen LogP contribution in [0.1, 0.15) is 27.7 Å². The molecule has 0 saturated carbocycles. The second-order valence-electron chi connectivity index (χ2n) is 7.86. The van der Waals surface area contributed by atoms with E-state index in [1.807, 2.05) is 11.8 Å². The summed E-state index contributed by atoms with van der Waals surface area (Å²) in [5, 5.41) is -0.255. The van der Waals surface area contributed by atoms with Gasteiger partial charge in [0.2, 0.25) is 0 Å². The summed E-state index contributed by atoms with van der Waals surface area (Å²) in [5.41, 5.74) is -0.243. The van der Waals surface area contributed by atoms with Crippen LogP contribution in [0.3, 0.4) is 0 Å². The number of carbonyl (C=O) groups excluding carboxylic acids is 1. The van der Waals surface area contributed by atoms with E-state index in [9.17, 15) is 18.0 Å². The Morgan fingerprint density at radius 3 is 2.57 bits per heavy atom. The molecule has 0 radical (unpaired) electrons. The van der Waals surface area contributed by atoms with Gasteiger partial charge >= 0.3 is 12.5 Å². The van der Waals surface area contributed by atoms with Gasteiger partial charge in [-0.3, -0.25) is 0 Å². The number of rotatable bonds is 2. The van der Waals surface area contributed by atoms with Crippen molar-refractivity contribution in [2.45, 2.75) is 45.7 Å². The standard InChI is InChI=1S/C18H20BrClF3N3O4/c1-9-8-25(16(27)30-17(2,3)4)5-6-26(9)15-24-11-7-10(20)13(29-18(21,22)23)12(19)14(11)28-15/h7,9H,5-6,8H2,1-4H3/t9-/m0/s1. The number of carbonyl (C=O) groups is 1. The second-order valence-corrected chi connectivity index (χ2v) is 9.06. The molecular formula is C18H20BrClF3N3O4. The SMILES string of the molecule is C[C@H]1CN(C(=O)OC(C)(C)C)CCN1c1nc2cc(Cl)c(OC(F)(F)F)c(Br)c2o1. The lowest BCUT2D eigenvalue weighted by Gasteiger charge is -2.39. The van der Waals surface area contributed by atoms with Gasteiger partial charge in [-0.1, -0.05) is 11.6 Å². The second kappa shape index (κ2) is 7.99. The molecule has 30 heavy (non-hydrogen) atoms. The molecule has 0 N–H and O–H groups in total. The number of hydrogen-bond donors (Lipinski definition) is 0. The highest BCUT2D eigenvalue weighted by Crippen LogP contribution is 2.43. The van der Waals surface area contributed by atoms with Crippen LogP contribution in [0.5, 0.6) is 5.75 Å². The zero-order valence-electron chi connectivity index (χ0n) is 16.6. The molecule has 0 spiro atoms. The molecule has 2 heterocycles. The van der Waals surface area contributed by atoms with E-state index < -0.39 is 23.8 Å². The Balaban J connectivity index is 1.82. The van der Waals surface area contributed by atoms with Crippen LogP contribution < -0.4 is 9.64 Å². The highest BCUT2D eigenvalue weighted by molar-refractivity contribution is 9.10. The smallest absolute Gasteiger partial charge is 0.444 e. The molecule has 0 bridgehead atoms. The maximum Gasteiger partial charge on any atom is 0.573 e. The average Bonchev–Trinajstić information content (AvgIpc) is 3.00. The van der Waals surface area contributed by atoms with Crippen LogP contribution in [0.15, 0.2) is 15.0 Å². The predicted molar refractivity (Wildman–Crippen MR) is 108 cm³/mol. The Morgan fingerprint density at radius 2 is 2.00 bits per heavy atom. The van der Waals surface area contributed by atoms with Crippen molar-refractivity contribution in [1.82, 2.24) is 9.88 Å². The van der Waals surface area contributed by atoms with Crippen molar-refractivity contribution in [1.29, 1.82) is 0 Å². The number of nitrogens with zero attached hydrogens (tertiary/aromatic N) is 3. The normalized spacial score (nSPS) is 18.1. The predicted octanol–water partition coefficient (Wildman–Crippen LogP) is 5.59. The number of ether oxygens (including phenoxy) is 2. The van der Waals surface area contributed by atoms with Gasteiger partial charge in [0.15, 0.2) is 11.3 Å². The monoisotopic (exact) mass is 513 g/mol. The highest BCUT2D eigenvalue weighted by atomic mass is 79.9. The van der Waals surface area contributed by atoms with Crippen molar-refractivity contribution >= 4 is 50.7 Å². The fourth-order valence-corrected chi connectivity index (χ4v) is 3.96. The molecule has 1 aromatic heterocycles. The average molecular weight is 515 g/mol. The Bertz CT molecular complexity index is 961. The van der Waals surface area contributed by atoms with Gasteiger partial charge in [0, 0.05) is 25.7 Å².